The van der Waals surface area contributed by atoms with Crippen molar-refractivity contribution in [3.63, 3.8) is 0 Å². The summed E-state index contributed by atoms with van der Waals surface area (Å²) in [5, 5.41) is 4.16. The molecule has 1 aliphatic rings. The van der Waals surface area contributed by atoms with Crippen LogP contribution in [0.25, 0.3) is 0 Å². The zero-order valence-electron chi connectivity index (χ0n) is 13.5. The lowest BCUT2D eigenvalue weighted by Crippen LogP contribution is -2.33. The highest BCUT2D eigenvalue weighted by Crippen LogP contribution is 2.22. The van der Waals surface area contributed by atoms with Crippen molar-refractivity contribution in [2.45, 2.75) is 26.2 Å². The molecule has 0 bridgehead atoms. The Labute approximate surface area is 142 Å². The van der Waals surface area contributed by atoms with Crippen molar-refractivity contribution in [3.05, 3.63) is 47.2 Å². The number of nitrogens with zero attached hydrogens (tertiary/aromatic N) is 3. The van der Waals surface area contributed by atoms with Crippen molar-refractivity contribution >= 4 is 23.2 Å². The van der Waals surface area contributed by atoms with Crippen LogP contribution >= 0.6 is 11.6 Å². The fourth-order valence-corrected chi connectivity index (χ4v) is 2.97. The maximum atomic E-state index is 5.90. The molecule has 0 amide bonds. The molecule has 0 unspecified atom stereocenters. The van der Waals surface area contributed by atoms with Crippen LogP contribution in [0.2, 0.25) is 5.02 Å². The monoisotopic (exact) mass is 330 g/mol. The number of nitrogens with one attached hydrogen (secondary N) is 1. The highest BCUT2D eigenvalue weighted by molar-refractivity contribution is 6.30. The average Bonchev–Trinajstić information content (AvgIpc) is 2.58. The molecule has 0 spiro atoms. The number of anilines is 2. The van der Waals surface area contributed by atoms with Gasteiger partial charge in [0, 0.05) is 30.7 Å². The molecule has 1 fully saturated rings. The van der Waals surface area contributed by atoms with E-state index in [1.165, 1.54) is 18.4 Å². The summed E-state index contributed by atoms with van der Waals surface area (Å²) in [4.78, 5) is 11.1. The van der Waals surface area contributed by atoms with Gasteiger partial charge in [0.05, 0.1) is 0 Å². The summed E-state index contributed by atoms with van der Waals surface area (Å²) >= 11 is 5.90. The van der Waals surface area contributed by atoms with Crippen molar-refractivity contribution < 1.29 is 0 Å². The third-order valence-corrected chi connectivity index (χ3v) is 4.65. The minimum Gasteiger partial charge on any atom is -0.370 e. The summed E-state index contributed by atoms with van der Waals surface area (Å²) in [6.45, 7) is 5.33. The van der Waals surface area contributed by atoms with E-state index in [1.54, 1.807) is 6.33 Å². The lowest BCUT2D eigenvalue weighted by Gasteiger charge is -2.31. The highest BCUT2D eigenvalue weighted by Gasteiger charge is 2.17. The van der Waals surface area contributed by atoms with Gasteiger partial charge in [-0.1, -0.05) is 30.7 Å². The maximum absolute atomic E-state index is 5.90. The lowest BCUT2D eigenvalue weighted by molar-refractivity contribution is 0.436. The molecule has 5 heteroatoms. The van der Waals surface area contributed by atoms with Gasteiger partial charge in [0.2, 0.25) is 0 Å². The standard InChI is InChI=1S/C18H23ClN4/c1-14-7-10-23(11-8-14)18-12-17(21-13-22-18)20-9-6-15-2-4-16(19)5-3-15/h2-5,12-14H,6-11H2,1H3,(H,20,21,22). The van der Waals surface area contributed by atoms with Crippen molar-refractivity contribution in [1.82, 2.24) is 9.97 Å². The predicted molar refractivity (Wildman–Crippen MR) is 96.3 cm³/mol. The first-order valence-electron chi connectivity index (χ1n) is 8.26. The van der Waals surface area contributed by atoms with Crippen LogP contribution in [0.15, 0.2) is 36.7 Å². The summed E-state index contributed by atoms with van der Waals surface area (Å²) in [5.74, 6) is 2.74. The zero-order valence-corrected chi connectivity index (χ0v) is 14.3. The van der Waals surface area contributed by atoms with E-state index in [0.29, 0.717) is 0 Å². The van der Waals surface area contributed by atoms with Crippen LogP contribution < -0.4 is 10.2 Å². The molecule has 0 atom stereocenters. The second-order valence-corrected chi connectivity index (χ2v) is 6.67. The van der Waals surface area contributed by atoms with Gasteiger partial charge in [-0.3, -0.25) is 0 Å². The van der Waals surface area contributed by atoms with Crippen LogP contribution in [0.4, 0.5) is 11.6 Å². The zero-order chi connectivity index (χ0) is 16.1. The van der Waals surface area contributed by atoms with Gasteiger partial charge in [-0.2, -0.15) is 0 Å². The Hall–Kier alpha value is -1.81. The van der Waals surface area contributed by atoms with E-state index >= 15 is 0 Å². The molecule has 1 N–H and O–H groups in total. The van der Waals surface area contributed by atoms with Crippen molar-refractivity contribution in [2.24, 2.45) is 5.92 Å². The number of aromatic nitrogens is 2. The third-order valence-electron chi connectivity index (χ3n) is 4.39. The molecule has 1 aromatic heterocycles. The lowest BCUT2D eigenvalue weighted by atomic mass is 9.99. The Kier molecular flexibility index (Phi) is 5.34. The largest absolute Gasteiger partial charge is 0.370 e. The summed E-state index contributed by atoms with van der Waals surface area (Å²) in [5.41, 5.74) is 1.26. The molecule has 1 aliphatic heterocycles. The van der Waals surface area contributed by atoms with Gasteiger partial charge in [-0.25, -0.2) is 9.97 Å². The first kappa shape index (κ1) is 16.1. The number of hydrogen-bond acceptors (Lipinski definition) is 4. The van der Waals surface area contributed by atoms with Gasteiger partial charge < -0.3 is 10.2 Å². The van der Waals surface area contributed by atoms with Crippen molar-refractivity contribution in [2.75, 3.05) is 29.9 Å². The molecule has 2 aromatic rings. The maximum Gasteiger partial charge on any atom is 0.134 e. The van der Waals surface area contributed by atoms with E-state index in [9.17, 15) is 0 Å². The highest BCUT2D eigenvalue weighted by atomic mass is 35.5. The van der Waals surface area contributed by atoms with Gasteiger partial charge in [0.1, 0.15) is 18.0 Å². The molecule has 3 rings (SSSR count). The third kappa shape index (κ3) is 4.58. The van der Waals surface area contributed by atoms with Crippen molar-refractivity contribution in [1.29, 1.82) is 0 Å². The SMILES string of the molecule is CC1CCN(c2cc(NCCc3ccc(Cl)cc3)ncn2)CC1. The predicted octanol–water partition coefficient (Wildman–Crippen LogP) is 4.02. The molecule has 0 aliphatic carbocycles. The minimum absolute atomic E-state index is 0.776. The molecule has 4 nitrogen and oxygen atoms in total. The molecular weight excluding hydrogens is 308 g/mol. The number of benzene rings is 1. The van der Waals surface area contributed by atoms with Gasteiger partial charge in [0.15, 0.2) is 0 Å². The molecule has 0 saturated carbocycles. The fourth-order valence-electron chi connectivity index (χ4n) is 2.84. The van der Waals surface area contributed by atoms with Gasteiger partial charge in [-0.15, -0.1) is 0 Å². The van der Waals surface area contributed by atoms with Crippen LogP contribution in [0.3, 0.4) is 0 Å². The second kappa shape index (κ2) is 7.64. The van der Waals surface area contributed by atoms with Crippen LogP contribution in [0, 0.1) is 5.92 Å². The van der Waals surface area contributed by atoms with E-state index in [4.69, 9.17) is 11.6 Å². The fraction of sp³-hybridized carbons (Fsp3) is 0.444. The first-order chi connectivity index (χ1) is 11.2. The van der Waals surface area contributed by atoms with Gasteiger partial charge in [-0.05, 0) is 42.9 Å². The van der Waals surface area contributed by atoms with Crippen LogP contribution in [0.1, 0.15) is 25.3 Å². The molecule has 2 heterocycles. The molecule has 23 heavy (non-hydrogen) atoms. The average molecular weight is 331 g/mol. The first-order valence-corrected chi connectivity index (χ1v) is 8.64. The second-order valence-electron chi connectivity index (χ2n) is 6.23. The minimum atomic E-state index is 0.776. The molecule has 1 aromatic carbocycles. The van der Waals surface area contributed by atoms with Crippen LogP contribution in [0.5, 0.6) is 0 Å². The van der Waals surface area contributed by atoms with E-state index in [2.05, 4.69) is 45.3 Å². The summed E-state index contributed by atoms with van der Waals surface area (Å²) in [6.07, 6.45) is 5.07. The molecular formula is C18H23ClN4. The van der Waals surface area contributed by atoms with Gasteiger partial charge in [0.25, 0.3) is 0 Å². The van der Waals surface area contributed by atoms with Crippen LogP contribution in [-0.4, -0.2) is 29.6 Å². The van der Waals surface area contributed by atoms with Crippen LogP contribution in [-0.2, 0) is 6.42 Å². The summed E-state index contributed by atoms with van der Waals surface area (Å²) in [7, 11) is 0. The van der Waals surface area contributed by atoms with E-state index < -0.39 is 0 Å². The van der Waals surface area contributed by atoms with E-state index in [0.717, 1.165) is 48.6 Å². The number of halogens is 1. The number of rotatable bonds is 5. The Morgan fingerprint density at radius 1 is 1.17 bits per heavy atom. The Bertz CT molecular complexity index is 621. The molecule has 122 valence electrons. The number of hydrogen-bond donors (Lipinski definition) is 1. The number of piperidine rings is 1. The molecule has 1 saturated heterocycles. The molecule has 0 radical (unpaired) electrons. The Balaban J connectivity index is 1.54. The topological polar surface area (TPSA) is 41.0 Å². The Morgan fingerprint density at radius 3 is 2.65 bits per heavy atom. The quantitative estimate of drug-likeness (QED) is 0.899. The van der Waals surface area contributed by atoms with Crippen molar-refractivity contribution in [3.8, 4) is 0 Å². The summed E-state index contributed by atoms with van der Waals surface area (Å²) < 4.78 is 0. The smallest absolute Gasteiger partial charge is 0.134 e. The van der Waals surface area contributed by atoms with E-state index in [-0.39, 0.29) is 0 Å². The summed E-state index contributed by atoms with van der Waals surface area (Å²) in [6, 6.07) is 10.0. The van der Waals surface area contributed by atoms with E-state index in [1.807, 2.05) is 12.1 Å². The normalized spacial score (nSPS) is 15.7. The van der Waals surface area contributed by atoms with Gasteiger partial charge >= 0.3 is 0 Å². The Morgan fingerprint density at radius 2 is 1.91 bits per heavy atom.